The smallest absolute Gasteiger partial charge is 0.234 e. The van der Waals surface area contributed by atoms with Gasteiger partial charge in [0.2, 0.25) is 11.2 Å². The topological polar surface area (TPSA) is 72.1 Å². The lowest BCUT2D eigenvalue weighted by Gasteiger charge is -2.29. The van der Waals surface area contributed by atoms with Crippen molar-refractivity contribution in [3.63, 3.8) is 0 Å². The fourth-order valence-electron chi connectivity index (χ4n) is 3.45. The van der Waals surface area contributed by atoms with Gasteiger partial charge in [-0.05, 0) is 50.4 Å². The van der Waals surface area contributed by atoms with Gasteiger partial charge >= 0.3 is 0 Å². The molecule has 0 aliphatic carbocycles. The molecule has 1 aliphatic heterocycles. The highest BCUT2D eigenvalue weighted by Crippen LogP contribution is 2.21. The molecule has 0 radical (unpaired) electrons. The maximum absolute atomic E-state index is 12.2. The predicted octanol–water partition coefficient (Wildman–Crippen LogP) is 3.20. The average molecular weight is 375 g/mol. The number of piperidine rings is 1. The van der Waals surface area contributed by atoms with E-state index in [9.17, 15) is 9.90 Å². The summed E-state index contributed by atoms with van der Waals surface area (Å²) in [4.78, 5) is 14.7. The molecule has 0 bridgehead atoms. The Kier molecular flexibility index (Phi) is 7.12. The van der Waals surface area contributed by atoms with E-state index in [1.165, 1.54) is 26.2 Å². The lowest BCUT2D eigenvalue weighted by atomic mass is 10.1. The Morgan fingerprint density at radius 2 is 1.96 bits per heavy atom. The van der Waals surface area contributed by atoms with E-state index >= 15 is 0 Å². The van der Waals surface area contributed by atoms with Crippen LogP contribution in [-0.2, 0) is 0 Å². The van der Waals surface area contributed by atoms with Gasteiger partial charge in [0, 0.05) is 13.1 Å². The van der Waals surface area contributed by atoms with Crippen molar-refractivity contribution in [1.82, 2.24) is 4.90 Å². The van der Waals surface area contributed by atoms with Crippen LogP contribution in [0, 0.1) is 0 Å². The monoisotopic (exact) mass is 375 g/mol. The SMILES string of the molecule is COc1coc2ccc(OCCCCCCN3CCC(O)CC3)cc2c1=O. The summed E-state index contributed by atoms with van der Waals surface area (Å²) >= 11 is 0. The number of unbranched alkanes of at least 4 members (excludes halogenated alkanes) is 3. The maximum atomic E-state index is 12.2. The van der Waals surface area contributed by atoms with Gasteiger partial charge in [0.25, 0.3) is 0 Å². The second-order valence-corrected chi connectivity index (χ2v) is 7.13. The Hall–Kier alpha value is -2.05. The average Bonchev–Trinajstić information content (AvgIpc) is 2.69. The first kappa shape index (κ1) is 19.7. The van der Waals surface area contributed by atoms with Crippen molar-refractivity contribution in [3.05, 3.63) is 34.7 Å². The molecule has 3 rings (SSSR count). The first-order chi connectivity index (χ1) is 13.2. The molecule has 1 aromatic heterocycles. The van der Waals surface area contributed by atoms with Gasteiger partial charge in [-0.1, -0.05) is 12.8 Å². The minimum atomic E-state index is -0.186. The first-order valence-electron chi connectivity index (χ1n) is 9.80. The highest BCUT2D eigenvalue weighted by Gasteiger charge is 2.15. The summed E-state index contributed by atoms with van der Waals surface area (Å²) in [5.41, 5.74) is 0.341. The molecule has 0 spiro atoms. The van der Waals surface area contributed by atoms with Crippen LogP contribution in [0.2, 0.25) is 0 Å². The second kappa shape index (κ2) is 9.76. The zero-order valence-corrected chi connectivity index (χ0v) is 16.0. The number of likely N-dealkylation sites (tertiary alicyclic amines) is 1. The number of fused-ring (bicyclic) bond motifs is 1. The van der Waals surface area contributed by atoms with Crippen LogP contribution in [-0.4, -0.2) is 49.5 Å². The van der Waals surface area contributed by atoms with Crippen molar-refractivity contribution in [3.8, 4) is 11.5 Å². The van der Waals surface area contributed by atoms with Gasteiger partial charge in [0.05, 0.1) is 25.2 Å². The molecule has 1 saturated heterocycles. The van der Waals surface area contributed by atoms with Crippen molar-refractivity contribution in [2.24, 2.45) is 0 Å². The summed E-state index contributed by atoms with van der Waals surface area (Å²) < 4.78 is 16.2. The Labute approximate surface area is 159 Å². The summed E-state index contributed by atoms with van der Waals surface area (Å²) in [6.45, 7) is 3.79. The molecular formula is C21H29NO5. The predicted molar refractivity (Wildman–Crippen MR) is 105 cm³/mol. The second-order valence-electron chi connectivity index (χ2n) is 7.13. The molecule has 0 saturated carbocycles. The summed E-state index contributed by atoms with van der Waals surface area (Å²) in [5, 5.41) is 9.99. The van der Waals surface area contributed by atoms with Crippen LogP contribution in [0.4, 0.5) is 0 Å². The van der Waals surface area contributed by atoms with Crippen molar-refractivity contribution in [2.45, 2.75) is 44.6 Å². The number of benzene rings is 1. The Bertz CT molecular complexity index is 780. The molecular weight excluding hydrogens is 346 g/mol. The van der Waals surface area contributed by atoms with E-state index in [1.807, 2.05) is 6.07 Å². The van der Waals surface area contributed by atoms with Gasteiger partial charge in [0.15, 0.2) is 0 Å². The van der Waals surface area contributed by atoms with Crippen molar-refractivity contribution in [2.75, 3.05) is 33.4 Å². The minimum Gasteiger partial charge on any atom is -0.494 e. The number of rotatable bonds is 9. The molecule has 1 N–H and O–H groups in total. The van der Waals surface area contributed by atoms with Gasteiger partial charge in [-0.3, -0.25) is 4.79 Å². The molecule has 2 heterocycles. The highest BCUT2D eigenvalue weighted by molar-refractivity contribution is 5.79. The van der Waals surface area contributed by atoms with Crippen molar-refractivity contribution >= 4 is 11.0 Å². The Morgan fingerprint density at radius 3 is 2.74 bits per heavy atom. The molecule has 0 atom stereocenters. The van der Waals surface area contributed by atoms with Crippen LogP contribution in [0.25, 0.3) is 11.0 Å². The van der Waals surface area contributed by atoms with Crippen LogP contribution >= 0.6 is 0 Å². The largest absolute Gasteiger partial charge is 0.494 e. The van der Waals surface area contributed by atoms with Crippen LogP contribution in [0.5, 0.6) is 11.5 Å². The number of ether oxygens (including phenoxy) is 2. The van der Waals surface area contributed by atoms with E-state index < -0.39 is 0 Å². The molecule has 6 nitrogen and oxygen atoms in total. The Morgan fingerprint density at radius 1 is 1.19 bits per heavy atom. The molecule has 0 unspecified atom stereocenters. The van der Waals surface area contributed by atoms with E-state index in [4.69, 9.17) is 13.9 Å². The number of aliphatic hydroxyl groups is 1. The molecule has 148 valence electrons. The highest BCUT2D eigenvalue weighted by atomic mass is 16.5. The first-order valence-corrected chi connectivity index (χ1v) is 9.80. The summed E-state index contributed by atoms with van der Waals surface area (Å²) in [5.74, 6) is 0.873. The molecule has 27 heavy (non-hydrogen) atoms. The summed E-state index contributed by atoms with van der Waals surface area (Å²) in [7, 11) is 1.45. The van der Waals surface area contributed by atoms with Crippen LogP contribution in [0.3, 0.4) is 0 Å². The number of nitrogens with zero attached hydrogens (tertiary/aromatic N) is 1. The molecule has 6 heteroatoms. The van der Waals surface area contributed by atoms with Gasteiger partial charge in [-0.2, -0.15) is 0 Å². The van der Waals surface area contributed by atoms with E-state index in [-0.39, 0.29) is 17.3 Å². The molecule has 1 aliphatic rings. The van der Waals surface area contributed by atoms with Gasteiger partial charge in [-0.25, -0.2) is 0 Å². The zero-order chi connectivity index (χ0) is 19.1. The van der Waals surface area contributed by atoms with Gasteiger partial charge in [-0.15, -0.1) is 0 Å². The van der Waals surface area contributed by atoms with Crippen LogP contribution in [0.15, 0.2) is 33.7 Å². The standard InChI is InChI=1S/C21H29NO5/c1-25-20-15-27-19-7-6-17(14-18(19)21(20)24)26-13-5-3-2-4-10-22-11-8-16(23)9-12-22/h6-7,14-16,23H,2-5,8-13H2,1H3. The van der Waals surface area contributed by atoms with Gasteiger partial charge in [0.1, 0.15) is 17.6 Å². The van der Waals surface area contributed by atoms with E-state index in [0.717, 1.165) is 45.3 Å². The number of aliphatic hydroxyl groups excluding tert-OH is 1. The quantitative estimate of drug-likeness (QED) is 0.679. The molecule has 2 aromatic rings. The van der Waals surface area contributed by atoms with E-state index in [0.29, 0.717) is 23.3 Å². The lowest BCUT2D eigenvalue weighted by molar-refractivity contribution is 0.0817. The summed E-state index contributed by atoms with van der Waals surface area (Å²) in [6, 6.07) is 5.29. The summed E-state index contributed by atoms with van der Waals surface area (Å²) in [6.07, 6.45) is 7.53. The third kappa shape index (κ3) is 5.47. The minimum absolute atomic E-state index is 0.0963. The number of hydrogen-bond acceptors (Lipinski definition) is 6. The fraction of sp³-hybridized carbons (Fsp3) is 0.571. The molecule has 1 fully saturated rings. The maximum Gasteiger partial charge on any atom is 0.234 e. The fourth-order valence-corrected chi connectivity index (χ4v) is 3.45. The normalized spacial score (nSPS) is 15.9. The van der Waals surface area contributed by atoms with Crippen LogP contribution in [0.1, 0.15) is 38.5 Å². The zero-order valence-electron chi connectivity index (χ0n) is 16.0. The van der Waals surface area contributed by atoms with Crippen molar-refractivity contribution in [1.29, 1.82) is 0 Å². The Balaban J connectivity index is 1.37. The van der Waals surface area contributed by atoms with Gasteiger partial charge < -0.3 is 23.9 Å². The van der Waals surface area contributed by atoms with Crippen LogP contribution < -0.4 is 14.9 Å². The lowest BCUT2D eigenvalue weighted by Crippen LogP contribution is -2.36. The molecule has 0 amide bonds. The number of hydrogen-bond donors (Lipinski definition) is 1. The third-order valence-corrected chi connectivity index (χ3v) is 5.13. The van der Waals surface area contributed by atoms with E-state index in [2.05, 4.69) is 4.90 Å². The number of methoxy groups -OCH3 is 1. The van der Waals surface area contributed by atoms with E-state index in [1.54, 1.807) is 12.1 Å². The molecule has 1 aromatic carbocycles. The third-order valence-electron chi connectivity index (χ3n) is 5.13. The van der Waals surface area contributed by atoms with Crippen molar-refractivity contribution < 1.29 is 19.0 Å².